The van der Waals surface area contributed by atoms with E-state index in [1.807, 2.05) is 47.9 Å². The average Bonchev–Trinajstić information content (AvgIpc) is 2.85. The Kier molecular flexibility index (Phi) is 3.81. The zero-order chi connectivity index (χ0) is 15.7. The largest absolute Gasteiger partial charge is 0.496 e. The van der Waals surface area contributed by atoms with Crippen molar-refractivity contribution < 1.29 is 4.74 Å². The number of rotatable bonds is 4. The van der Waals surface area contributed by atoms with E-state index < -0.39 is 0 Å². The van der Waals surface area contributed by atoms with E-state index in [-0.39, 0.29) is 0 Å². The van der Waals surface area contributed by atoms with Gasteiger partial charge in [0.1, 0.15) is 11.4 Å². The number of ether oxygens (including phenoxy) is 1. The van der Waals surface area contributed by atoms with E-state index in [0.29, 0.717) is 11.4 Å². The quantitative estimate of drug-likeness (QED) is 0.752. The highest BCUT2D eigenvalue weighted by atomic mass is 32.1. The number of methoxy groups -OCH3 is 1. The number of nitrogens with zero attached hydrogens (tertiary/aromatic N) is 2. The molecule has 3 aromatic rings. The van der Waals surface area contributed by atoms with Gasteiger partial charge in [0.2, 0.25) is 0 Å². The van der Waals surface area contributed by atoms with Crippen LogP contribution in [-0.2, 0) is 6.42 Å². The Morgan fingerprint density at radius 1 is 1.32 bits per heavy atom. The number of imidazole rings is 1. The van der Waals surface area contributed by atoms with Crippen LogP contribution in [0.15, 0.2) is 42.6 Å². The topological polar surface area (TPSA) is 52.5 Å². The highest BCUT2D eigenvalue weighted by molar-refractivity contribution is 7.80. The summed E-state index contributed by atoms with van der Waals surface area (Å²) in [6.45, 7) is 2.02. The van der Waals surface area contributed by atoms with Crippen molar-refractivity contribution >= 4 is 22.9 Å². The third-order valence-corrected chi connectivity index (χ3v) is 3.78. The first kappa shape index (κ1) is 14.5. The second-order valence-electron chi connectivity index (χ2n) is 5.16. The summed E-state index contributed by atoms with van der Waals surface area (Å²) in [7, 11) is 1.67. The highest BCUT2D eigenvalue weighted by Crippen LogP contribution is 2.29. The van der Waals surface area contributed by atoms with Crippen molar-refractivity contribution in [2.24, 2.45) is 5.73 Å². The summed E-state index contributed by atoms with van der Waals surface area (Å²) >= 11 is 5.10. The predicted molar refractivity (Wildman–Crippen MR) is 92.4 cm³/mol. The van der Waals surface area contributed by atoms with Gasteiger partial charge in [-0.25, -0.2) is 4.98 Å². The molecule has 2 aromatic heterocycles. The van der Waals surface area contributed by atoms with Crippen LogP contribution in [-0.4, -0.2) is 21.5 Å². The monoisotopic (exact) mass is 311 g/mol. The van der Waals surface area contributed by atoms with E-state index in [4.69, 9.17) is 27.7 Å². The van der Waals surface area contributed by atoms with E-state index in [9.17, 15) is 0 Å². The highest BCUT2D eigenvalue weighted by Gasteiger charge is 2.15. The van der Waals surface area contributed by atoms with E-state index in [0.717, 1.165) is 33.9 Å². The summed E-state index contributed by atoms with van der Waals surface area (Å²) in [5.74, 6) is 0.864. The Bertz CT molecular complexity index is 854. The average molecular weight is 311 g/mol. The smallest absolute Gasteiger partial charge is 0.137 e. The van der Waals surface area contributed by atoms with Crippen molar-refractivity contribution in [3.05, 3.63) is 53.9 Å². The van der Waals surface area contributed by atoms with Crippen LogP contribution < -0.4 is 10.5 Å². The van der Waals surface area contributed by atoms with Crippen molar-refractivity contribution in [2.75, 3.05) is 7.11 Å². The molecular formula is C17H17N3OS. The molecule has 0 spiro atoms. The Hall–Kier alpha value is -2.40. The Labute approximate surface area is 134 Å². The minimum absolute atomic E-state index is 0.456. The molecule has 2 N–H and O–H groups in total. The molecule has 0 atom stereocenters. The number of benzene rings is 1. The van der Waals surface area contributed by atoms with Gasteiger partial charge < -0.3 is 14.9 Å². The normalized spacial score (nSPS) is 10.8. The van der Waals surface area contributed by atoms with Crippen LogP contribution in [0.4, 0.5) is 0 Å². The fraction of sp³-hybridized carbons (Fsp3) is 0.176. The molecular weight excluding hydrogens is 294 g/mol. The van der Waals surface area contributed by atoms with Crippen molar-refractivity contribution in [2.45, 2.75) is 13.3 Å². The number of hydrogen-bond donors (Lipinski definition) is 1. The lowest BCUT2D eigenvalue weighted by atomic mass is 10.1. The number of thiocarbonyl (C=S) groups is 1. The number of fused-ring (bicyclic) bond motifs is 1. The lowest BCUT2D eigenvalue weighted by molar-refractivity contribution is 0.412. The van der Waals surface area contributed by atoms with Gasteiger partial charge in [-0.3, -0.25) is 0 Å². The summed E-state index contributed by atoms with van der Waals surface area (Å²) in [6, 6.07) is 12.0. The molecule has 22 heavy (non-hydrogen) atoms. The number of aryl methyl sites for hydroxylation is 1. The van der Waals surface area contributed by atoms with Gasteiger partial charge in [-0.15, -0.1) is 0 Å². The first-order chi connectivity index (χ1) is 10.6. The van der Waals surface area contributed by atoms with Crippen LogP contribution in [0.3, 0.4) is 0 Å². The minimum Gasteiger partial charge on any atom is -0.496 e. The SMILES string of the molecule is COc1ccc(-c2nc3ccccn3c2CC(N)=S)cc1C. The lowest BCUT2D eigenvalue weighted by Gasteiger charge is -2.08. The molecule has 0 fully saturated rings. The molecule has 0 bridgehead atoms. The number of nitrogens with two attached hydrogens (primary N) is 1. The third-order valence-electron chi connectivity index (χ3n) is 3.64. The van der Waals surface area contributed by atoms with Crippen molar-refractivity contribution in [1.29, 1.82) is 0 Å². The second-order valence-corrected chi connectivity index (χ2v) is 5.69. The molecule has 112 valence electrons. The first-order valence-corrected chi connectivity index (χ1v) is 7.40. The first-order valence-electron chi connectivity index (χ1n) is 6.99. The Balaban J connectivity index is 2.21. The van der Waals surface area contributed by atoms with Gasteiger partial charge in [0.25, 0.3) is 0 Å². The Morgan fingerprint density at radius 2 is 2.14 bits per heavy atom. The van der Waals surface area contributed by atoms with Crippen LogP contribution in [0.2, 0.25) is 0 Å². The standard InChI is InChI=1S/C17H17N3OS/c1-11-9-12(6-7-14(11)21-2)17-13(10-15(18)22)20-8-4-3-5-16(20)19-17/h3-9H,10H2,1-2H3,(H2,18,22). The fourth-order valence-corrected chi connectivity index (χ4v) is 2.77. The molecule has 0 amide bonds. The van der Waals surface area contributed by atoms with Crippen LogP contribution in [0.1, 0.15) is 11.3 Å². The van der Waals surface area contributed by atoms with Crippen molar-refractivity contribution in [3.8, 4) is 17.0 Å². The molecule has 0 radical (unpaired) electrons. The summed E-state index contributed by atoms with van der Waals surface area (Å²) in [5.41, 5.74) is 10.7. The molecule has 0 saturated heterocycles. The maximum Gasteiger partial charge on any atom is 0.137 e. The molecule has 0 aliphatic rings. The summed E-state index contributed by atoms with van der Waals surface area (Å²) in [6.07, 6.45) is 2.50. The van der Waals surface area contributed by atoms with E-state index in [2.05, 4.69) is 6.07 Å². The molecule has 3 rings (SSSR count). The molecule has 0 aliphatic heterocycles. The van der Waals surface area contributed by atoms with Crippen LogP contribution in [0.5, 0.6) is 5.75 Å². The van der Waals surface area contributed by atoms with Gasteiger partial charge in [0.05, 0.1) is 23.5 Å². The lowest BCUT2D eigenvalue weighted by Crippen LogP contribution is -2.13. The molecule has 1 aromatic carbocycles. The zero-order valence-electron chi connectivity index (χ0n) is 12.5. The van der Waals surface area contributed by atoms with Crippen LogP contribution >= 0.6 is 12.2 Å². The van der Waals surface area contributed by atoms with Gasteiger partial charge in [-0.2, -0.15) is 0 Å². The molecule has 0 unspecified atom stereocenters. The molecule has 4 nitrogen and oxygen atoms in total. The number of pyridine rings is 1. The van der Waals surface area contributed by atoms with Crippen molar-refractivity contribution in [1.82, 2.24) is 9.38 Å². The zero-order valence-corrected chi connectivity index (χ0v) is 13.4. The molecule has 0 aliphatic carbocycles. The van der Waals surface area contributed by atoms with Gasteiger partial charge in [-0.1, -0.05) is 18.3 Å². The van der Waals surface area contributed by atoms with E-state index >= 15 is 0 Å². The maximum absolute atomic E-state index is 5.77. The van der Waals surface area contributed by atoms with Crippen LogP contribution in [0, 0.1) is 6.92 Å². The summed E-state index contributed by atoms with van der Waals surface area (Å²) < 4.78 is 7.36. The maximum atomic E-state index is 5.77. The summed E-state index contributed by atoms with van der Waals surface area (Å²) in [4.78, 5) is 5.20. The van der Waals surface area contributed by atoms with Gasteiger partial charge in [0.15, 0.2) is 0 Å². The Morgan fingerprint density at radius 3 is 2.82 bits per heavy atom. The van der Waals surface area contributed by atoms with Gasteiger partial charge >= 0.3 is 0 Å². The predicted octanol–water partition coefficient (Wildman–Crippen LogP) is 3.15. The van der Waals surface area contributed by atoms with Gasteiger partial charge in [-0.05, 0) is 42.8 Å². The van der Waals surface area contributed by atoms with E-state index in [1.54, 1.807) is 7.11 Å². The minimum atomic E-state index is 0.456. The second kappa shape index (κ2) is 5.77. The third kappa shape index (κ3) is 2.55. The molecule has 2 heterocycles. The van der Waals surface area contributed by atoms with Gasteiger partial charge in [0, 0.05) is 18.2 Å². The van der Waals surface area contributed by atoms with Crippen molar-refractivity contribution in [3.63, 3.8) is 0 Å². The fourth-order valence-electron chi connectivity index (χ4n) is 2.64. The number of hydrogen-bond acceptors (Lipinski definition) is 3. The summed E-state index contributed by atoms with van der Waals surface area (Å²) in [5, 5.41) is 0. The number of aromatic nitrogens is 2. The molecule has 0 saturated carbocycles. The molecule has 5 heteroatoms. The van der Waals surface area contributed by atoms with E-state index in [1.165, 1.54) is 0 Å². The van der Waals surface area contributed by atoms with Crippen LogP contribution in [0.25, 0.3) is 16.9 Å².